The molecule has 2 rings (SSSR count). The van der Waals surface area contributed by atoms with E-state index < -0.39 is 5.54 Å². The Bertz CT molecular complexity index is 386. The van der Waals surface area contributed by atoms with E-state index in [0.29, 0.717) is 6.54 Å². The fourth-order valence-corrected chi connectivity index (χ4v) is 3.32. The molecule has 1 aliphatic heterocycles. The lowest BCUT2D eigenvalue weighted by Gasteiger charge is -2.33. The molecule has 1 saturated carbocycles. The fourth-order valence-electron chi connectivity index (χ4n) is 3.32. The van der Waals surface area contributed by atoms with Gasteiger partial charge < -0.3 is 16.4 Å². The van der Waals surface area contributed by atoms with Crippen molar-refractivity contribution in [3.05, 3.63) is 0 Å². The fraction of sp³-hybridized carbons (Fsp3) is 0.875. The molecule has 6 heteroatoms. The van der Waals surface area contributed by atoms with E-state index in [0.717, 1.165) is 64.6 Å². The summed E-state index contributed by atoms with van der Waals surface area (Å²) >= 11 is 0. The molecular weight excluding hydrogens is 280 g/mol. The molecule has 1 heterocycles. The van der Waals surface area contributed by atoms with E-state index in [2.05, 4.69) is 15.5 Å². The second kappa shape index (κ2) is 7.92. The Labute approximate surface area is 133 Å². The van der Waals surface area contributed by atoms with E-state index in [1.54, 1.807) is 0 Å². The molecular formula is C16H30N4O2. The Kier molecular flexibility index (Phi) is 6.20. The SMILES string of the molecule is CCCNC(=O)CN1CCC(NC(=O)C2(N)CCCC2)CC1. The first kappa shape index (κ1) is 17.2. The lowest BCUT2D eigenvalue weighted by molar-refractivity contribution is -0.127. The highest BCUT2D eigenvalue weighted by Crippen LogP contribution is 2.27. The molecule has 1 aliphatic carbocycles. The van der Waals surface area contributed by atoms with E-state index in [1.807, 2.05) is 6.92 Å². The largest absolute Gasteiger partial charge is 0.355 e. The first-order chi connectivity index (χ1) is 10.5. The van der Waals surface area contributed by atoms with Gasteiger partial charge in [0.05, 0.1) is 12.1 Å². The number of carbonyl (C=O) groups is 2. The van der Waals surface area contributed by atoms with Crippen LogP contribution in [-0.2, 0) is 9.59 Å². The van der Waals surface area contributed by atoms with Crippen LogP contribution in [-0.4, -0.2) is 54.5 Å². The molecule has 0 bridgehead atoms. The van der Waals surface area contributed by atoms with Gasteiger partial charge in [0.15, 0.2) is 0 Å². The van der Waals surface area contributed by atoms with E-state index in [4.69, 9.17) is 5.73 Å². The number of rotatable bonds is 6. The molecule has 0 aromatic heterocycles. The molecule has 0 aromatic rings. The van der Waals surface area contributed by atoms with Crippen LogP contribution >= 0.6 is 0 Å². The van der Waals surface area contributed by atoms with Gasteiger partial charge in [0, 0.05) is 25.7 Å². The minimum atomic E-state index is -0.642. The minimum absolute atomic E-state index is 0.0177. The van der Waals surface area contributed by atoms with Crippen LogP contribution in [0.3, 0.4) is 0 Å². The summed E-state index contributed by atoms with van der Waals surface area (Å²) in [6.07, 6.45) is 6.45. The van der Waals surface area contributed by atoms with E-state index in [1.165, 1.54) is 0 Å². The van der Waals surface area contributed by atoms with Crippen LogP contribution in [0, 0.1) is 0 Å². The Balaban J connectivity index is 1.68. The number of nitrogens with zero attached hydrogens (tertiary/aromatic N) is 1. The Morgan fingerprint density at radius 2 is 1.86 bits per heavy atom. The van der Waals surface area contributed by atoms with Crippen molar-refractivity contribution in [1.82, 2.24) is 15.5 Å². The minimum Gasteiger partial charge on any atom is -0.355 e. The summed E-state index contributed by atoms with van der Waals surface area (Å²) in [7, 11) is 0. The van der Waals surface area contributed by atoms with E-state index in [-0.39, 0.29) is 17.9 Å². The van der Waals surface area contributed by atoms with E-state index >= 15 is 0 Å². The highest BCUT2D eigenvalue weighted by molar-refractivity contribution is 5.86. The van der Waals surface area contributed by atoms with Crippen molar-refractivity contribution in [2.45, 2.75) is 63.5 Å². The zero-order valence-electron chi connectivity index (χ0n) is 13.7. The molecule has 22 heavy (non-hydrogen) atoms. The third-order valence-electron chi connectivity index (χ3n) is 4.81. The number of hydrogen-bond acceptors (Lipinski definition) is 4. The van der Waals surface area contributed by atoms with Gasteiger partial charge >= 0.3 is 0 Å². The Morgan fingerprint density at radius 3 is 2.45 bits per heavy atom. The summed E-state index contributed by atoms with van der Waals surface area (Å²) < 4.78 is 0. The number of hydrogen-bond donors (Lipinski definition) is 3. The molecule has 0 atom stereocenters. The predicted molar refractivity (Wildman–Crippen MR) is 86.3 cm³/mol. The normalized spacial score (nSPS) is 22.5. The molecule has 2 fully saturated rings. The van der Waals surface area contributed by atoms with Gasteiger partial charge in [0.1, 0.15) is 0 Å². The van der Waals surface area contributed by atoms with Crippen LogP contribution in [0.2, 0.25) is 0 Å². The second-order valence-electron chi connectivity index (χ2n) is 6.74. The number of carbonyl (C=O) groups excluding carboxylic acids is 2. The molecule has 0 radical (unpaired) electrons. The third kappa shape index (κ3) is 4.68. The predicted octanol–water partition coefficient (Wildman–Crippen LogP) is 0.365. The van der Waals surface area contributed by atoms with Crippen LogP contribution in [0.15, 0.2) is 0 Å². The summed E-state index contributed by atoms with van der Waals surface area (Å²) in [5.74, 6) is 0.111. The number of nitrogens with two attached hydrogens (primary N) is 1. The number of nitrogens with one attached hydrogen (secondary N) is 2. The van der Waals surface area contributed by atoms with Crippen molar-refractivity contribution >= 4 is 11.8 Å². The van der Waals surface area contributed by atoms with Gasteiger partial charge in [-0.05, 0) is 32.1 Å². The summed E-state index contributed by atoms with van der Waals surface area (Å²) in [5, 5.41) is 6.02. The first-order valence-corrected chi connectivity index (χ1v) is 8.62. The monoisotopic (exact) mass is 310 g/mol. The van der Waals surface area contributed by atoms with Gasteiger partial charge in [-0.3, -0.25) is 14.5 Å². The average Bonchev–Trinajstić information content (AvgIpc) is 2.95. The molecule has 126 valence electrons. The van der Waals surface area contributed by atoms with Crippen LogP contribution in [0.1, 0.15) is 51.9 Å². The summed E-state index contributed by atoms with van der Waals surface area (Å²) in [6, 6.07) is 0.198. The van der Waals surface area contributed by atoms with E-state index in [9.17, 15) is 9.59 Å². The molecule has 2 aliphatic rings. The maximum absolute atomic E-state index is 12.3. The summed E-state index contributed by atoms with van der Waals surface area (Å²) in [4.78, 5) is 26.2. The molecule has 4 N–H and O–H groups in total. The average molecular weight is 310 g/mol. The van der Waals surface area contributed by atoms with Crippen molar-refractivity contribution in [3.8, 4) is 0 Å². The van der Waals surface area contributed by atoms with Crippen LogP contribution < -0.4 is 16.4 Å². The van der Waals surface area contributed by atoms with Crippen molar-refractivity contribution in [1.29, 1.82) is 0 Å². The van der Waals surface area contributed by atoms with Crippen molar-refractivity contribution in [2.75, 3.05) is 26.2 Å². The van der Waals surface area contributed by atoms with Gasteiger partial charge in [-0.1, -0.05) is 19.8 Å². The van der Waals surface area contributed by atoms with Crippen molar-refractivity contribution in [3.63, 3.8) is 0 Å². The van der Waals surface area contributed by atoms with Gasteiger partial charge in [-0.2, -0.15) is 0 Å². The van der Waals surface area contributed by atoms with Gasteiger partial charge in [0.25, 0.3) is 0 Å². The zero-order chi connectivity index (χ0) is 16.0. The molecule has 0 aromatic carbocycles. The number of piperidine rings is 1. The third-order valence-corrected chi connectivity index (χ3v) is 4.81. The lowest BCUT2D eigenvalue weighted by Crippen LogP contribution is -2.56. The highest BCUT2D eigenvalue weighted by Gasteiger charge is 2.38. The summed E-state index contributed by atoms with van der Waals surface area (Å²) in [5.41, 5.74) is 5.54. The summed E-state index contributed by atoms with van der Waals surface area (Å²) in [6.45, 7) is 4.94. The Morgan fingerprint density at radius 1 is 1.23 bits per heavy atom. The van der Waals surface area contributed by atoms with Crippen molar-refractivity contribution < 1.29 is 9.59 Å². The Hall–Kier alpha value is -1.14. The van der Waals surface area contributed by atoms with Crippen LogP contribution in [0.25, 0.3) is 0 Å². The second-order valence-corrected chi connectivity index (χ2v) is 6.74. The molecule has 6 nitrogen and oxygen atoms in total. The maximum atomic E-state index is 12.3. The van der Waals surface area contributed by atoms with Gasteiger partial charge in [0.2, 0.25) is 11.8 Å². The van der Waals surface area contributed by atoms with Crippen LogP contribution in [0.4, 0.5) is 0 Å². The van der Waals surface area contributed by atoms with Crippen molar-refractivity contribution in [2.24, 2.45) is 5.73 Å². The van der Waals surface area contributed by atoms with Crippen LogP contribution in [0.5, 0.6) is 0 Å². The zero-order valence-corrected chi connectivity index (χ0v) is 13.7. The van der Waals surface area contributed by atoms with Gasteiger partial charge in [-0.25, -0.2) is 0 Å². The number of amides is 2. The quantitative estimate of drug-likeness (QED) is 0.661. The molecule has 2 amide bonds. The lowest BCUT2D eigenvalue weighted by atomic mass is 9.96. The maximum Gasteiger partial charge on any atom is 0.240 e. The smallest absolute Gasteiger partial charge is 0.240 e. The molecule has 1 saturated heterocycles. The highest BCUT2D eigenvalue weighted by atomic mass is 16.2. The molecule has 0 unspecified atom stereocenters. The van der Waals surface area contributed by atoms with Gasteiger partial charge in [-0.15, -0.1) is 0 Å². The first-order valence-electron chi connectivity index (χ1n) is 8.62. The number of likely N-dealkylation sites (tertiary alicyclic amines) is 1. The standard InChI is InChI=1S/C16H30N4O2/c1-2-9-18-14(21)12-20-10-5-13(6-11-20)19-15(22)16(17)7-3-4-8-16/h13H,2-12,17H2,1H3,(H,18,21)(H,19,22). The topological polar surface area (TPSA) is 87.5 Å². The molecule has 0 spiro atoms.